The lowest BCUT2D eigenvalue weighted by atomic mass is 9.95. The number of carbonyl (C=O) groups excluding carboxylic acids is 1. The maximum atomic E-state index is 13.6. The molecule has 2 aromatic carbocycles. The van der Waals surface area contributed by atoms with E-state index in [-0.39, 0.29) is 11.9 Å². The number of aryl methyl sites for hydroxylation is 1. The zero-order valence-corrected chi connectivity index (χ0v) is 26.1. The molecule has 1 saturated heterocycles. The van der Waals surface area contributed by atoms with Gasteiger partial charge in [0.05, 0.1) is 36.1 Å². The van der Waals surface area contributed by atoms with E-state index in [0.717, 1.165) is 34.8 Å². The molecule has 1 amide bonds. The second kappa shape index (κ2) is 11.6. The number of ether oxygens (including phenoxy) is 1. The van der Waals surface area contributed by atoms with E-state index in [1.165, 1.54) is 13.2 Å². The van der Waals surface area contributed by atoms with Gasteiger partial charge in [-0.05, 0) is 80.2 Å². The van der Waals surface area contributed by atoms with E-state index in [0.29, 0.717) is 27.9 Å². The van der Waals surface area contributed by atoms with Crippen molar-refractivity contribution in [2.75, 3.05) is 17.3 Å². The first-order valence-electron chi connectivity index (χ1n) is 14.1. The Kier molecular flexibility index (Phi) is 8.19. The van der Waals surface area contributed by atoms with Gasteiger partial charge in [0.25, 0.3) is 0 Å². The molecule has 230 valence electrons. The summed E-state index contributed by atoms with van der Waals surface area (Å²) >= 11 is 5.89. The summed E-state index contributed by atoms with van der Waals surface area (Å²) in [5.41, 5.74) is 3.49. The van der Waals surface area contributed by atoms with Crippen LogP contribution in [0.2, 0.25) is 0 Å². The highest BCUT2D eigenvalue weighted by Gasteiger charge is 2.42. The van der Waals surface area contributed by atoms with Gasteiger partial charge in [0.1, 0.15) is 5.75 Å². The number of aromatic nitrogens is 2. The van der Waals surface area contributed by atoms with E-state index < -0.39 is 23.2 Å². The molecule has 2 N–H and O–H groups in total. The second-order valence-corrected chi connectivity index (χ2v) is 12.2. The molecule has 11 heteroatoms. The topological polar surface area (TPSA) is 71.4 Å². The summed E-state index contributed by atoms with van der Waals surface area (Å²) in [6.07, 6.45) is -2.75. The number of carbonyl (C=O) groups is 1. The van der Waals surface area contributed by atoms with Gasteiger partial charge < -0.3 is 24.8 Å². The third kappa shape index (κ3) is 5.88. The van der Waals surface area contributed by atoms with Crippen molar-refractivity contribution in [1.82, 2.24) is 14.9 Å². The summed E-state index contributed by atoms with van der Waals surface area (Å²) in [5.74, 6) is 0.300. The number of halogens is 3. The zero-order chi connectivity index (χ0) is 32.0. The Morgan fingerprint density at radius 2 is 1.75 bits per heavy atom. The van der Waals surface area contributed by atoms with E-state index in [9.17, 15) is 18.0 Å². The molecule has 0 unspecified atom stereocenters. The summed E-state index contributed by atoms with van der Waals surface area (Å²) in [6.45, 7) is 9.25. The number of nitrogens with one attached hydrogen (secondary N) is 2. The van der Waals surface area contributed by atoms with Crippen LogP contribution >= 0.6 is 12.2 Å². The van der Waals surface area contributed by atoms with Crippen molar-refractivity contribution in [2.45, 2.75) is 52.9 Å². The number of methoxy groups -OCH3 is 1. The lowest BCUT2D eigenvalue weighted by Crippen LogP contribution is -2.30. The molecular formula is C33H34F3N5O2S. The van der Waals surface area contributed by atoms with Crippen LogP contribution in [-0.2, 0) is 11.0 Å². The van der Waals surface area contributed by atoms with Gasteiger partial charge in [0.2, 0.25) is 5.91 Å². The van der Waals surface area contributed by atoms with Crippen molar-refractivity contribution in [3.8, 4) is 11.4 Å². The molecule has 3 heterocycles. The monoisotopic (exact) mass is 621 g/mol. The van der Waals surface area contributed by atoms with Crippen molar-refractivity contribution < 1.29 is 22.7 Å². The summed E-state index contributed by atoms with van der Waals surface area (Å²) in [7, 11) is 1.53. The summed E-state index contributed by atoms with van der Waals surface area (Å²) in [5, 5.41) is 6.81. The number of hydrogen-bond acceptors (Lipinski definition) is 4. The fourth-order valence-electron chi connectivity index (χ4n) is 5.50. The highest BCUT2D eigenvalue weighted by atomic mass is 32.1. The molecule has 1 aliphatic heterocycles. The van der Waals surface area contributed by atoms with E-state index in [1.54, 1.807) is 18.3 Å². The summed E-state index contributed by atoms with van der Waals surface area (Å²) < 4.78 is 48.3. The quantitative estimate of drug-likeness (QED) is 0.215. The predicted molar refractivity (Wildman–Crippen MR) is 169 cm³/mol. The van der Waals surface area contributed by atoms with Crippen molar-refractivity contribution in [3.05, 3.63) is 101 Å². The maximum Gasteiger partial charge on any atom is 0.416 e. The molecule has 0 radical (unpaired) electrons. The number of hydrogen-bond donors (Lipinski definition) is 2. The molecule has 44 heavy (non-hydrogen) atoms. The Morgan fingerprint density at radius 1 is 1.00 bits per heavy atom. The summed E-state index contributed by atoms with van der Waals surface area (Å²) in [4.78, 5) is 19.3. The van der Waals surface area contributed by atoms with Gasteiger partial charge >= 0.3 is 6.18 Å². The van der Waals surface area contributed by atoms with Crippen molar-refractivity contribution in [3.63, 3.8) is 0 Å². The number of thiocarbonyl (C=S) groups is 1. The smallest absolute Gasteiger partial charge is 0.416 e. The molecule has 2 atom stereocenters. The molecule has 1 fully saturated rings. The molecular weight excluding hydrogens is 587 g/mol. The summed E-state index contributed by atoms with van der Waals surface area (Å²) in [6, 6.07) is 17.6. The molecule has 2 aromatic heterocycles. The van der Waals surface area contributed by atoms with Gasteiger partial charge in [-0.15, -0.1) is 0 Å². The third-order valence-electron chi connectivity index (χ3n) is 7.71. The lowest BCUT2D eigenvalue weighted by molar-refractivity contribution is -0.137. The van der Waals surface area contributed by atoms with Crippen LogP contribution in [0.1, 0.15) is 61.1 Å². The molecule has 5 rings (SSSR count). The van der Waals surface area contributed by atoms with E-state index in [4.69, 9.17) is 17.0 Å². The first-order chi connectivity index (χ1) is 20.7. The van der Waals surface area contributed by atoms with Crippen molar-refractivity contribution in [2.24, 2.45) is 5.41 Å². The van der Waals surface area contributed by atoms with E-state index in [1.807, 2.05) is 80.5 Å². The number of pyridine rings is 1. The highest BCUT2D eigenvalue weighted by molar-refractivity contribution is 7.80. The average molecular weight is 622 g/mol. The SMILES string of the molecule is COc1cc(N2C(=S)N[C@@H](c3ccccn3)[C@H]2c2cc(C)n(-c3cccc(C(F)(F)F)c3)c2C)ccc1NC(=O)C(C)(C)C. The minimum Gasteiger partial charge on any atom is -0.494 e. The number of anilines is 2. The number of nitrogens with zero attached hydrogens (tertiary/aromatic N) is 3. The third-order valence-corrected chi connectivity index (χ3v) is 8.03. The Hall–Kier alpha value is -4.38. The molecule has 1 aliphatic rings. The Morgan fingerprint density at radius 3 is 2.39 bits per heavy atom. The largest absolute Gasteiger partial charge is 0.494 e. The van der Waals surface area contributed by atoms with Crippen LogP contribution in [0.4, 0.5) is 24.5 Å². The van der Waals surface area contributed by atoms with Gasteiger partial charge in [-0.1, -0.05) is 32.9 Å². The Balaban J connectivity index is 1.63. The minimum absolute atomic E-state index is 0.156. The number of amides is 1. The molecule has 0 bridgehead atoms. The van der Waals surface area contributed by atoms with Gasteiger partial charge in [-0.3, -0.25) is 9.78 Å². The van der Waals surface area contributed by atoms with E-state index in [2.05, 4.69) is 15.6 Å². The van der Waals surface area contributed by atoms with Crippen LogP contribution in [0.15, 0.2) is 72.9 Å². The molecule has 0 aliphatic carbocycles. The van der Waals surface area contributed by atoms with Crippen molar-refractivity contribution in [1.29, 1.82) is 0 Å². The first-order valence-corrected chi connectivity index (χ1v) is 14.5. The maximum absolute atomic E-state index is 13.6. The Labute approximate surface area is 260 Å². The fourth-order valence-corrected chi connectivity index (χ4v) is 5.84. The number of benzene rings is 2. The van der Waals surface area contributed by atoms with E-state index >= 15 is 0 Å². The Bertz CT molecular complexity index is 1710. The number of alkyl halides is 3. The fraction of sp³-hybridized carbons (Fsp3) is 0.303. The molecule has 4 aromatic rings. The van der Waals surface area contributed by atoms with Gasteiger partial charge in [-0.2, -0.15) is 13.2 Å². The lowest BCUT2D eigenvalue weighted by Gasteiger charge is -2.29. The zero-order valence-electron chi connectivity index (χ0n) is 25.3. The van der Waals surface area contributed by atoms with Crippen LogP contribution in [0.5, 0.6) is 5.75 Å². The van der Waals surface area contributed by atoms with Crippen LogP contribution in [0.3, 0.4) is 0 Å². The standard InChI is InChI=1S/C33H34F3N5O2S/c1-19-16-24(20(2)40(19)22-11-9-10-21(17-22)33(34,35)36)29-28(26-12-7-8-15-37-26)39-31(44)41(29)23-13-14-25(27(18-23)43-6)38-30(42)32(3,4)5/h7-18,28-29H,1-6H3,(H,38,42)(H,39,44)/t28-,29+/m0/s1. The average Bonchev–Trinajstić information content (AvgIpc) is 3.47. The molecule has 0 spiro atoms. The normalized spacial score (nSPS) is 17.0. The van der Waals surface area contributed by atoms with Crippen LogP contribution in [-0.4, -0.2) is 27.7 Å². The van der Waals surface area contributed by atoms with Gasteiger partial charge in [-0.25, -0.2) is 0 Å². The van der Waals surface area contributed by atoms with Crippen LogP contribution in [0.25, 0.3) is 5.69 Å². The first kappa shape index (κ1) is 31.1. The molecule has 0 saturated carbocycles. The molecule has 7 nitrogen and oxygen atoms in total. The predicted octanol–water partition coefficient (Wildman–Crippen LogP) is 7.68. The minimum atomic E-state index is -4.46. The second-order valence-electron chi connectivity index (χ2n) is 11.8. The van der Waals surface area contributed by atoms with Crippen molar-refractivity contribution >= 4 is 34.6 Å². The van der Waals surface area contributed by atoms with Gasteiger partial charge in [0, 0.05) is 40.4 Å². The van der Waals surface area contributed by atoms with Crippen LogP contribution in [0, 0.1) is 19.3 Å². The van der Waals surface area contributed by atoms with Crippen LogP contribution < -0.4 is 20.3 Å². The van der Waals surface area contributed by atoms with Gasteiger partial charge in [0.15, 0.2) is 5.11 Å². The number of rotatable bonds is 6. The highest BCUT2D eigenvalue weighted by Crippen LogP contribution is 2.45.